The molecular formula is C25H33N3O7S2. The zero-order valence-electron chi connectivity index (χ0n) is 21.1. The van der Waals surface area contributed by atoms with E-state index < -0.39 is 26.0 Å². The van der Waals surface area contributed by atoms with Crippen molar-refractivity contribution in [1.29, 1.82) is 0 Å². The SMILES string of the molecule is COc1ccc(S(=O)(=O)N2CCCC2)cc1NC(=O)c1cc(S(=O)(=O)N2CCCCCC2)ccc1OC. The normalized spacial score (nSPS) is 17.8. The molecule has 0 bridgehead atoms. The zero-order chi connectivity index (χ0) is 26.6. The molecule has 0 aromatic heterocycles. The summed E-state index contributed by atoms with van der Waals surface area (Å²) in [6.45, 7) is 1.77. The van der Waals surface area contributed by atoms with Crippen molar-refractivity contribution in [2.75, 3.05) is 45.7 Å². The maximum Gasteiger partial charge on any atom is 0.259 e. The number of sulfonamides is 2. The third-order valence-corrected chi connectivity index (χ3v) is 10.5. The van der Waals surface area contributed by atoms with Crippen LogP contribution >= 0.6 is 0 Å². The van der Waals surface area contributed by atoms with E-state index in [9.17, 15) is 21.6 Å². The molecular weight excluding hydrogens is 518 g/mol. The summed E-state index contributed by atoms with van der Waals surface area (Å²) in [6, 6.07) is 8.46. The lowest BCUT2D eigenvalue weighted by molar-refractivity contribution is 0.102. The topological polar surface area (TPSA) is 122 Å². The summed E-state index contributed by atoms with van der Waals surface area (Å²) in [4.78, 5) is 13.4. The predicted molar refractivity (Wildman–Crippen MR) is 139 cm³/mol. The number of hydrogen-bond donors (Lipinski definition) is 1. The van der Waals surface area contributed by atoms with Gasteiger partial charge in [0.05, 0.1) is 35.3 Å². The number of carbonyl (C=O) groups is 1. The number of methoxy groups -OCH3 is 2. The predicted octanol–water partition coefficient (Wildman–Crippen LogP) is 3.31. The van der Waals surface area contributed by atoms with Crippen molar-refractivity contribution in [2.45, 2.75) is 48.3 Å². The van der Waals surface area contributed by atoms with Gasteiger partial charge in [0.25, 0.3) is 5.91 Å². The van der Waals surface area contributed by atoms with Crippen LogP contribution in [0, 0.1) is 0 Å². The van der Waals surface area contributed by atoms with Crippen molar-refractivity contribution in [1.82, 2.24) is 8.61 Å². The minimum absolute atomic E-state index is 0.00215. The number of hydrogen-bond acceptors (Lipinski definition) is 7. The molecule has 202 valence electrons. The highest BCUT2D eigenvalue weighted by Gasteiger charge is 2.29. The second-order valence-electron chi connectivity index (χ2n) is 9.11. The number of anilines is 1. The van der Waals surface area contributed by atoms with Crippen molar-refractivity contribution >= 4 is 31.6 Å². The van der Waals surface area contributed by atoms with E-state index in [0.29, 0.717) is 26.2 Å². The van der Waals surface area contributed by atoms with Crippen molar-refractivity contribution in [2.24, 2.45) is 0 Å². The van der Waals surface area contributed by atoms with Gasteiger partial charge in [-0.05, 0) is 62.1 Å². The largest absolute Gasteiger partial charge is 0.496 e. The van der Waals surface area contributed by atoms with Crippen LogP contribution in [0.1, 0.15) is 48.9 Å². The lowest BCUT2D eigenvalue weighted by Crippen LogP contribution is -2.32. The van der Waals surface area contributed by atoms with E-state index in [0.717, 1.165) is 38.5 Å². The van der Waals surface area contributed by atoms with Gasteiger partial charge in [0, 0.05) is 26.2 Å². The third-order valence-electron chi connectivity index (χ3n) is 6.74. The Morgan fingerprint density at radius 2 is 1.16 bits per heavy atom. The number of carbonyl (C=O) groups excluding carboxylic acids is 1. The Bertz CT molecular complexity index is 1350. The van der Waals surface area contributed by atoms with Gasteiger partial charge in [0.1, 0.15) is 11.5 Å². The van der Waals surface area contributed by atoms with E-state index in [1.54, 1.807) is 0 Å². The van der Waals surface area contributed by atoms with Crippen LogP contribution in [0.15, 0.2) is 46.2 Å². The summed E-state index contributed by atoms with van der Waals surface area (Å²) in [5, 5.41) is 2.69. The van der Waals surface area contributed by atoms with Crippen LogP contribution in [0.4, 0.5) is 5.69 Å². The Balaban J connectivity index is 1.66. The van der Waals surface area contributed by atoms with E-state index >= 15 is 0 Å². The molecule has 10 nitrogen and oxygen atoms in total. The fourth-order valence-electron chi connectivity index (χ4n) is 4.67. The number of amides is 1. The molecule has 2 fully saturated rings. The summed E-state index contributed by atoms with van der Waals surface area (Å²) >= 11 is 0. The Labute approximate surface area is 218 Å². The molecule has 0 atom stereocenters. The number of benzene rings is 2. The number of nitrogens with one attached hydrogen (secondary N) is 1. The van der Waals surface area contributed by atoms with Crippen LogP contribution < -0.4 is 14.8 Å². The second-order valence-corrected chi connectivity index (χ2v) is 13.0. The van der Waals surface area contributed by atoms with Gasteiger partial charge < -0.3 is 14.8 Å². The Kier molecular flexibility index (Phi) is 8.42. The van der Waals surface area contributed by atoms with Gasteiger partial charge >= 0.3 is 0 Å². The van der Waals surface area contributed by atoms with Crippen LogP contribution in [0.3, 0.4) is 0 Å². The molecule has 2 aromatic carbocycles. The Morgan fingerprint density at radius 1 is 0.703 bits per heavy atom. The molecule has 0 saturated carbocycles. The van der Waals surface area contributed by atoms with Crippen LogP contribution in [0.2, 0.25) is 0 Å². The lowest BCUT2D eigenvalue weighted by Gasteiger charge is -2.21. The summed E-state index contributed by atoms with van der Waals surface area (Å²) in [7, 11) is -4.72. The molecule has 37 heavy (non-hydrogen) atoms. The zero-order valence-corrected chi connectivity index (χ0v) is 22.7. The highest BCUT2D eigenvalue weighted by molar-refractivity contribution is 7.89. The average Bonchev–Trinajstić information content (AvgIpc) is 3.31. The van der Waals surface area contributed by atoms with Crippen LogP contribution in [-0.2, 0) is 20.0 Å². The van der Waals surface area contributed by atoms with Gasteiger partial charge in [-0.25, -0.2) is 16.8 Å². The highest BCUT2D eigenvalue weighted by atomic mass is 32.2. The lowest BCUT2D eigenvalue weighted by atomic mass is 10.1. The molecule has 2 saturated heterocycles. The van der Waals surface area contributed by atoms with Gasteiger partial charge in [-0.15, -0.1) is 0 Å². The molecule has 2 aliphatic heterocycles. The van der Waals surface area contributed by atoms with Crippen LogP contribution in [-0.4, -0.2) is 71.8 Å². The van der Waals surface area contributed by atoms with Crippen molar-refractivity contribution in [3.8, 4) is 11.5 Å². The molecule has 0 radical (unpaired) electrons. The van der Waals surface area contributed by atoms with Gasteiger partial charge in [-0.3, -0.25) is 4.79 Å². The summed E-state index contributed by atoms with van der Waals surface area (Å²) in [6.07, 6.45) is 5.15. The fourth-order valence-corrected chi connectivity index (χ4v) is 7.76. The van der Waals surface area contributed by atoms with Gasteiger partial charge in [0.15, 0.2) is 0 Å². The molecule has 0 spiro atoms. The first-order valence-electron chi connectivity index (χ1n) is 12.4. The van der Waals surface area contributed by atoms with Crippen molar-refractivity contribution in [3.05, 3.63) is 42.0 Å². The summed E-state index contributed by atoms with van der Waals surface area (Å²) < 4.78 is 66.3. The van der Waals surface area contributed by atoms with E-state index in [1.165, 1.54) is 59.2 Å². The first-order chi connectivity index (χ1) is 17.7. The highest BCUT2D eigenvalue weighted by Crippen LogP contribution is 2.32. The Hall–Kier alpha value is -2.67. The van der Waals surface area contributed by atoms with Crippen molar-refractivity contribution < 1.29 is 31.1 Å². The smallest absolute Gasteiger partial charge is 0.259 e. The van der Waals surface area contributed by atoms with E-state index in [4.69, 9.17) is 9.47 Å². The standard InChI is InChI=1S/C25H33N3O7S2/c1-34-23-11-9-19(36(30,31)27-13-5-3-4-6-14-27)17-21(23)25(29)26-22-18-20(10-12-24(22)35-2)37(32,33)28-15-7-8-16-28/h9-12,17-18H,3-8,13-16H2,1-2H3,(H,26,29). The molecule has 2 heterocycles. The minimum atomic E-state index is -3.80. The Morgan fingerprint density at radius 3 is 1.68 bits per heavy atom. The second kappa shape index (κ2) is 11.4. The van der Waals surface area contributed by atoms with E-state index in [1.807, 2.05) is 0 Å². The molecule has 1 amide bonds. The summed E-state index contributed by atoms with van der Waals surface area (Å²) in [5.74, 6) is -0.202. The monoisotopic (exact) mass is 551 g/mol. The fraction of sp³-hybridized carbons (Fsp3) is 0.480. The first kappa shape index (κ1) is 27.4. The van der Waals surface area contributed by atoms with Crippen LogP contribution in [0.5, 0.6) is 11.5 Å². The van der Waals surface area contributed by atoms with Crippen LogP contribution in [0.25, 0.3) is 0 Å². The number of ether oxygens (including phenoxy) is 2. The molecule has 1 N–H and O–H groups in total. The number of rotatable bonds is 8. The van der Waals surface area contributed by atoms with Gasteiger partial charge in [0.2, 0.25) is 20.0 Å². The molecule has 0 unspecified atom stereocenters. The quantitative estimate of drug-likeness (QED) is 0.534. The van der Waals surface area contributed by atoms with Gasteiger partial charge in [-0.2, -0.15) is 8.61 Å². The third kappa shape index (κ3) is 5.77. The van der Waals surface area contributed by atoms with Crippen molar-refractivity contribution in [3.63, 3.8) is 0 Å². The molecule has 4 rings (SSSR count). The molecule has 2 aromatic rings. The summed E-state index contributed by atoms with van der Waals surface area (Å²) in [5.41, 5.74) is 0.156. The van der Waals surface area contributed by atoms with Gasteiger partial charge in [-0.1, -0.05) is 12.8 Å². The average molecular weight is 552 g/mol. The molecule has 0 aliphatic carbocycles. The van der Waals surface area contributed by atoms with E-state index in [-0.39, 0.29) is 32.5 Å². The van der Waals surface area contributed by atoms with E-state index in [2.05, 4.69) is 5.32 Å². The first-order valence-corrected chi connectivity index (χ1v) is 15.2. The maximum absolute atomic E-state index is 13.4. The molecule has 2 aliphatic rings. The minimum Gasteiger partial charge on any atom is -0.496 e. The maximum atomic E-state index is 13.4. The molecule has 12 heteroatoms. The number of nitrogens with zero attached hydrogens (tertiary/aromatic N) is 2.